The highest BCUT2D eigenvalue weighted by Gasteiger charge is 2.36. The molecule has 4 atom stereocenters. The molecule has 0 radical (unpaired) electrons. The third-order valence-electron chi connectivity index (χ3n) is 8.08. The van der Waals surface area contributed by atoms with Crippen molar-refractivity contribution >= 4 is 33.7 Å². The average Bonchev–Trinajstić information content (AvgIpc) is 3.52. The Hall–Kier alpha value is -2.74. The SMILES string of the molecule is CCCC(CCC)S(=O)(=O)C[C@H](NC(=O)O[C@@H]1CCSC1)C(=O)O[C@H](CNCc1cccc(CC)c1)[C@@H](N)Cc1cc(F)cc(F)c1. The number of amides is 1. The summed E-state index contributed by atoms with van der Waals surface area (Å²) in [5.41, 5.74) is 8.91. The van der Waals surface area contributed by atoms with Crippen LogP contribution in [0.3, 0.4) is 0 Å². The molecule has 1 heterocycles. The van der Waals surface area contributed by atoms with Gasteiger partial charge in [0, 0.05) is 31.0 Å². The van der Waals surface area contributed by atoms with Crippen molar-refractivity contribution in [2.75, 3.05) is 23.8 Å². The largest absolute Gasteiger partial charge is 0.458 e. The topological polar surface area (TPSA) is 137 Å². The molecule has 0 aromatic heterocycles. The maximum Gasteiger partial charge on any atom is 0.408 e. The number of sulfone groups is 1. The second-order valence-electron chi connectivity index (χ2n) is 12.0. The summed E-state index contributed by atoms with van der Waals surface area (Å²) in [6, 6.07) is 8.54. The lowest BCUT2D eigenvalue weighted by molar-refractivity contribution is -0.151. The highest BCUT2D eigenvalue weighted by atomic mass is 32.2. The Morgan fingerprint density at radius 3 is 2.32 bits per heavy atom. The van der Waals surface area contributed by atoms with Gasteiger partial charge in [-0.15, -0.1) is 0 Å². The molecule has 2 aromatic carbocycles. The fourth-order valence-corrected chi connectivity index (χ4v) is 8.82. The van der Waals surface area contributed by atoms with Crippen molar-refractivity contribution in [3.63, 3.8) is 0 Å². The molecule has 47 heavy (non-hydrogen) atoms. The number of carbonyl (C=O) groups excluding carboxylic acids is 2. The lowest BCUT2D eigenvalue weighted by Crippen LogP contribution is -2.52. The van der Waals surface area contributed by atoms with E-state index < -0.39 is 62.7 Å². The van der Waals surface area contributed by atoms with Gasteiger partial charge in [0.25, 0.3) is 0 Å². The minimum Gasteiger partial charge on any atom is -0.458 e. The molecule has 1 saturated heterocycles. The standard InChI is InChI=1S/C34H49F2N3O6S2/c1-4-8-29(9-5-2)47(42,43)22-31(39-34(41)44-28-12-13-46-21-28)33(40)45-32(20-38-19-24-11-7-10-23(6-3)14-24)30(37)17-25-15-26(35)18-27(36)16-25/h7,10-11,14-16,18,28-32,38H,4-6,8-9,12-13,17,19-22,37H2,1-3H3,(H,39,41)/t28-,30+,31+,32-/m1/s1. The zero-order valence-electron chi connectivity index (χ0n) is 27.5. The van der Waals surface area contributed by atoms with Crippen molar-refractivity contribution < 1.29 is 36.3 Å². The van der Waals surface area contributed by atoms with Crippen LogP contribution >= 0.6 is 11.8 Å². The Labute approximate surface area is 282 Å². The minimum atomic E-state index is -3.84. The molecule has 3 rings (SSSR count). The first-order valence-corrected chi connectivity index (χ1v) is 19.3. The first-order valence-electron chi connectivity index (χ1n) is 16.4. The molecule has 1 aliphatic rings. The van der Waals surface area contributed by atoms with Crippen LogP contribution in [0.4, 0.5) is 13.6 Å². The van der Waals surface area contributed by atoms with Crippen molar-refractivity contribution in [1.82, 2.24) is 10.6 Å². The molecule has 1 aliphatic heterocycles. The lowest BCUT2D eigenvalue weighted by Gasteiger charge is -2.28. The molecular formula is C34H49F2N3O6S2. The average molecular weight is 698 g/mol. The predicted molar refractivity (Wildman–Crippen MR) is 182 cm³/mol. The fraction of sp³-hybridized carbons (Fsp3) is 0.588. The van der Waals surface area contributed by atoms with Crippen LogP contribution in [0.15, 0.2) is 42.5 Å². The van der Waals surface area contributed by atoms with Crippen molar-refractivity contribution in [3.8, 4) is 0 Å². The number of hydrogen-bond acceptors (Lipinski definition) is 9. The van der Waals surface area contributed by atoms with Crippen LogP contribution in [0.1, 0.15) is 69.6 Å². The number of rotatable bonds is 19. The van der Waals surface area contributed by atoms with E-state index in [2.05, 4.69) is 17.6 Å². The summed E-state index contributed by atoms with van der Waals surface area (Å²) in [4.78, 5) is 26.6. The van der Waals surface area contributed by atoms with E-state index in [-0.39, 0.29) is 24.6 Å². The van der Waals surface area contributed by atoms with Gasteiger partial charge in [-0.1, -0.05) is 57.9 Å². The molecular weight excluding hydrogens is 649 g/mol. The lowest BCUT2D eigenvalue weighted by atomic mass is 10.0. The van der Waals surface area contributed by atoms with Gasteiger partial charge in [0.05, 0.1) is 11.0 Å². The third kappa shape index (κ3) is 13.0. The molecule has 262 valence electrons. The Bertz CT molecular complexity index is 1380. The normalized spacial score (nSPS) is 16.9. The van der Waals surface area contributed by atoms with Gasteiger partial charge in [0.2, 0.25) is 0 Å². The number of hydrogen-bond donors (Lipinski definition) is 3. The number of esters is 1. The van der Waals surface area contributed by atoms with Gasteiger partial charge < -0.3 is 25.8 Å². The monoisotopic (exact) mass is 697 g/mol. The zero-order chi connectivity index (χ0) is 34.4. The summed E-state index contributed by atoms with van der Waals surface area (Å²) in [6.45, 7) is 6.30. The summed E-state index contributed by atoms with van der Waals surface area (Å²) < 4.78 is 66.3. The third-order valence-corrected chi connectivity index (χ3v) is 11.5. The van der Waals surface area contributed by atoms with E-state index in [0.29, 0.717) is 44.4 Å². The van der Waals surface area contributed by atoms with E-state index in [0.717, 1.165) is 41.5 Å². The van der Waals surface area contributed by atoms with Gasteiger partial charge in [-0.3, -0.25) is 0 Å². The molecule has 1 fully saturated rings. The fourth-order valence-electron chi connectivity index (χ4n) is 5.58. The van der Waals surface area contributed by atoms with Crippen molar-refractivity contribution in [2.24, 2.45) is 5.73 Å². The second kappa shape index (κ2) is 19.3. The Kier molecular flexibility index (Phi) is 15.9. The summed E-state index contributed by atoms with van der Waals surface area (Å²) in [5.74, 6) is -1.75. The Balaban J connectivity index is 1.84. The maximum atomic E-state index is 14.0. The van der Waals surface area contributed by atoms with Crippen molar-refractivity contribution in [1.29, 1.82) is 0 Å². The smallest absolute Gasteiger partial charge is 0.408 e. The number of ether oxygens (including phenoxy) is 2. The van der Waals surface area contributed by atoms with Crippen molar-refractivity contribution in [3.05, 3.63) is 70.8 Å². The highest BCUT2D eigenvalue weighted by Crippen LogP contribution is 2.21. The molecule has 9 nitrogen and oxygen atoms in total. The molecule has 2 aromatic rings. The van der Waals surface area contributed by atoms with E-state index in [9.17, 15) is 26.8 Å². The molecule has 0 spiro atoms. The maximum absolute atomic E-state index is 14.0. The molecule has 13 heteroatoms. The van der Waals surface area contributed by atoms with Gasteiger partial charge in [-0.2, -0.15) is 11.8 Å². The van der Waals surface area contributed by atoms with Gasteiger partial charge >= 0.3 is 12.1 Å². The van der Waals surface area contributed by atoms with Crippen LogP contribution in [0.25, 0.3) is 0 Å². The number of benzene rings is 2. The van der Waals surface area contributed by atoms with Gasteiger partial charge in [-0.25, -0.2) is 26.8 Å². The number of halogens is 2. The van der Waals surface area contributed by atoms with Crippen LogP contribution in [0, 0.1) is 11.6 Å². The first kappa shape index (κ1) is 38.7. The molecule has 4 N–H and O–H groups in total. The minimum absolute atomic E-state index is 0.0352. The zero-order valence-corrected chi connectivity index (χ0v) is 29.1. The van der Waals surface area contributed by atoms with Crippen LogP contribution in [0.2, 0.25) is 0 Å². The number of nitrogens with one attached hydrogen (secondary N) is 2. The highest BCUT2D eigenvalue weighted by molar-refractivity contribution is 7.99. The number of carbonyl (C=O) groups is 2. The quantitative estimate of drug-likeness (QED) is 0.172. The number of aryl methyl sites for hydroxylation is 1. The number of thioether (sulfide) groups is 1. The number of nitrogens with two attached hydrogens (primary N) is 1. The summed E-state index contributed by atoms with van der Waals surface area (Å²) in [7, 11) is -3.84. The Morgan fingerprint density at radius 2 is 1.70 bits per heavy atom. The van der Waals surface area contributed by atoms with E-state index in [1.165, 1.54) is 0 Å². The second-order valence-corrected chi connectivity index (χ2v) is 15.5. The van der Waals surface area contributed by atoms with E-state index in [1.54, 1.807) is 11.8 Å². The van der Waals surface area contributed by atoms with Crippen LogP contribution < -0.4 is 16.4 Å². The van der Waals surface area contributed by atoms with Gasteiger partial charge in [-0.05, 0) is 66.7 Å². The summed E-state index contributed by atoms with van der Waals surface area (Å²) >= 11 is 1.64. The van der Waals surface area contributed by atoms with E-state index in [4.69, 9.17) is 15.2 Å². The number of alkyl carbamates (subject to hydrolysis) is 1. The predicted octanol–water partition coefficient (Wildman–Crippen LogP) is 5.08. The molecule has 0 saturated carbocycles. The van der Waals surface area contributed by atoms with Crippen LogP contribution in [-0.4, -0.2) is 73.8 Å². The van der Waals surface area contributed by atoms with E-state index >= 15 is 0 Å². The van der Waals surface area contributed by atoms with Crippen LogP contribution in [0.5, 0.6) is 0 Å². The summed E-state index contributed by atoms with van der Waals surface area (Å²) in [6.07, 6.45) is 1.31. The first-order chi connectivity index (χ1) is 22.4. The molecule has 0 bridgehead atoms. The summed E-state index contributed by atoms with van der Waals surface area (Å²) in [5, 5.41) is 5.01. The molecule has 0 aliphatic carbocycles. The van der Waals surface area contributed by atoms with Gasteiger partial charge in [0.1, 0.15) is 29.9 Å². The van der Waals surface area contributed by atoms with Crippen LogP contribution in [-0.2, 0) is 43.5 Å². The molecule has 1 amide bonds. The Morgan fingerprint density at radius 1 is 1.02 bits per heavy atom. The van der Waals surface area contributed by atoms with Gasteiger partial charge in [0.15, 0.2) is 9.84 Å². The van der Waals surface area contributed by atoms with E-state index in [1.807, 2.05) is 38.1 Å². The van der Waals surface area contributed by atoms with Crippen molar-refractivity contribution in [2.45, 2.75) is 102 Å². The molecule has 0 unspecified atom stereocenters.